The van der Waals surface area contributed by atoms with Gasteiger partial charge in [0.1, 0.15) is 6.10 Å². The number of benzene rings is 1. The van der Waals surface area contributed by atoms with Crippen LogP contribution in [0.1, 0.15) is 56.9 Å². The van der Waals surface area contributed by atoms with Crippen molar-refractivity contribution in [1.82, 2.24) is 4.90 Å². The van der Waals surface area contributed by atoms with Crippen molar-refractivity contribution in [3.8, 4) is 11.5 Å². The first-order chi connectivity index (χ1) is 14.4. The summed E-state index contributed by atoms with van der Waals surface area (Å²) in [7, 11) is 3.46. The Morgan fingerprint density at radius 1 is 1.37 bits per heavy atom. The maximum Gasteiger partial charge on any atom is 0.225 e. The van der Waals surface area contributed by atoms with Gasteiger partial charge in [-0.2, -0.15) is 0 Å². The molecule has 0 radical (unpaired) electrons. The van der Waals surface area contributed by atoms with Gasteiger partial charge in [-0.15, -0.1) is 0 Å². The number of nitrogens with zero attached hydrogens (tertiary/aromatic N) is 1. The highest BCUT2D eigenvalue weighted by atomic mass is 16.5. The van der Waals surface area contributed by atoms with Crippen molar-refractivity contribution in [2.75, 3.05) is 20.7 Å². The van der Waals surface area contributed by atoms with Gasteiger partial charge in [0, 0.05) is 37.9 Å². The average molecular weight is 418 g/mol. The van der Waals surface area contributed by atoms with Crippen LogP contribution in [0.4, 0.5) is 0 Å². The minimum atomic E-state index is -0.491. The highest BCUT2D eigenvalue weighted by Gasteiger charge is 2.49. The van der Waals surface area contributed by atoms with Gasteiger partial charge in [-0.25, -0.2) is 0 Å². The van der Waals surface area contributed by atoms with E-state index in [4.69, 9.17) is 9.47 Å². The minimum Gasteiger partial charge on any atom is -0.489 e. The number of hydrogen-bond acceptors (Lipinski definition) is 5. The maximum atomic E-state index is 11.8. The lowest BCUT2D eigenvalue weighted by Crippen LogP contribution is -2.23. The number of rotatable bonds is 10. The highest BCUT2D eigenvalue weighted by molar-refractivity contribution is 5.75. The molecule has 6 nitrogen and oxygen atoms in total. The summed E-state index contributed by atoms with van der Waals surface area (Å²) in [5.74, 6) is 1.33. The van der Waals surface area contributed by atoms with E-state index in [0.29, 0.717) is 25.2 Å². The third-order valence-electron chi connectivity index (χ3n) is 6.10. The van der Waals surface area contributed by atoms with E-state index in [1.807, 2.05) is 30.4 Å². The van der Waals surface area contributed by atoms with Gasteiger partial charge in [0.15, 0.2) is 11.5 Å². The lowest BCUT2D eigenvalue weighted by atomic mass is 9.87. The second kappa shape index (κ2) is 10.3. The number of carbonyl (C=O) groups is 1. The molecular formula is C24H35NO5. The first-order valence-corrected chi connectivity index (χ1v) is 11.1. The third-order valence-corrected chi connectivity index (χ3v) is 6.10. The largest absolute Gasteiger partial charge is 0.489 e. The summed E-state index contributed by atoms with van der Waals surface area (Å²) >= 11 is 0. The van der Waals surface area contributed by atoms with Gasteiger partial charge < -0.3 is 24.6 Å². The Balaban J connectivity index is 1.67. The summed E-state index contributed by atoms with van der Waals surface area (Å²) in [6.07, 6.45) is 7.59. The molecule has 1 aromatic carbocycles. The number of aliphatic hydroxyl groups is 2. The molecule has 30 heavy (non-hydrogen) atoms. The van der Waals surface area contributed by atoms with Gasteiger partial charge in [0.2, 0.25) is 5.91 Å². The molecule has 2 aliphatic rings. The van der Waals surface area contributed by atoms with Crippen LogP contribution >= 0.6 is 0 Å². The summed E-state index contributed by atoms with van der Waals surface area (Å²) in [6, 6.07) is 5.81. The van der Waals surface area contributed by atoms with Crippen molar-refractivity contribution < 1.29 is 24.5 Å². The van der Waals surface area contributed by atoms with E-state index in [2.05, 4.69) is 6.92 Å². The summed E-state index contributed by atoms with van der Waals surface area (Å²) in [4.78, 5) is 13.3. The predicted molar refractivity (Wildman–Crippen MR) is 116 cm³/mol. The van der Waals surface area contributed by atoms with Gasteiger partial charge in [0.25, 0.3) is 0 Å². The second-order valence-corrected chi connectivity index (χ2v) is 8.57. The molecule has 3 rings (SSSR count). The fourth-order valence-corrected chi connectivity index (χ4v) is 4.42. The van der Waals surface area contributed by atoms with Crippen molar-refractivity contribution >= 4 is 5.91 Å². The van der Waals surface area contributed by atoms with Gasteiger partial charge in [0.05, 0.1) is 25.2 Å². The zero-order valence-corrected chi connectivity index (χ0v) is 18.3. The first-order valence-electron chi connectivity index (χ1n) is 11.1. The van der Waals surface area contributed by atoms with Crippen LogP contribution in [0.15, 0.2) is 30.4 Å². The van der Waals surface area contributed by atoms with Crippen LogP contribution in [0.3, 0.4) is 0 Å². The molecule has 6 heteroatoms. The Kier molecular flexibility index (Phi) is 7.78. The van der Waals surface area contributed by atoms with Crippen LogP contribution in [0, 0.1) is 5.92 Å². The molecular weight excluding hydrogens is 382 g/mol. The summed E-state index contributed by atoms with van der Waals surface area (Å²) < 4.78 is 12.0. The molecule has 166 valence electrons. The Morgan fingerprint density at radius 2 is 2.17 bits per heavy atom. The molecule has 1 aliphatic carbocycles. The quantitative estimate of drug-likeness (QED) is 0.451. The third kappa shape index (κ3) is 5.16. The fourth-order valence-electron chi connectivity index (χ4n) is 4.42. The number of amides is 1. The Morgan fingerprint density at radius 3 is 2.90 bits per heavy atom. The van der Waals surface area contributed by atoms with E-state index in [9.17, 15) is 15.0 Å². The van der Waals surface area contributed by atoms with E-state index in [0.717, 1.165) is 37.0 Å². The van der Waals surface area contributed by atoms with E-state index < -0.39 is 12.2 Å². The van der Waals surface area contributed by atoms with Gasteiger partial charge in [-0.3, -0.25) is 4.79 Å². The van der Waals surface area contributed by atoms with E-state index in [1.54, 1.807) is 19.0 Å². The second-order valence-electron chi connectivity index (χ2n) is 8.57. The van der Waals surface area contributed by atoms with Crippen LogP contribution in [-0.2, 0) is 4.79 Å². The Bertz CT molecular complexity index is 747. The molecule has 0 bridgehead atoms. The summed E-state index contributed by atoms with van der Waals surface area (Å²) in [5.41, 5.74) is 1.03. The first kappa shape index (κ1) is 22.6. The lowest BCUT2D eigenvalue weighted by molar-refractivity contribution is -0.129. The monoisotopic (exact) mass is 417 g/mol. The van der Waals surface area contributed by atoms with Crippen LogP contribution in [0.5, 0.6) is 11.5 Å². The SMILES string of the molecule is CCCCC[C@H](O)C=C[C@@H]1[C@H]2c3cccc(OCCC(=O)N(C)C)c3O[C@H]2C[C@H]1O. The number of carbonyl (C=O) groups excluding carboxylic acids is 1. The summed E-state index contributed by atoms with van der Waals surface area (Å²) in [6.45, 7) is 2.44. The van der Waals surface area contributed by atoms with E-state index >= 15 is 0 Å². The summed E-state index contributed by atoms with van der Waals surface area (Å²) in [5, 5.41) is 20.8. The predicted octanol–water partition coefficient (Wildman–Crippen LogP) is 3.27. The average Bonchev–Trinajstić information content (AvgIpc) is 3.21. The fraction of sp³-hybridized carbons (Fsp3) is 0.625. The molecule has 1 heterocycles. The molecule has 0 spiro atoms. The van der Waals surface area contributed by atoms with Gasteiger partial charge >= 0.3 is 0 Å². The Labute approximate surface area is 179 Å². The number of fused-ring (bicyclic) bond motifs is 3. The minimum absolute atomic E-state index is 0.0196. The van der Waals surface area contributed by atoms with Gasteiger partial charge in [-0.05, 0) is 12.5 Å². The number of unbranched alkanes of at least 4 members (excludes halogenated alkanes) is 2. The smallest absolute Gasteiger partial charge is 0.225 e. The number of aliphatic hydroxyl groups excluding tert-OH is 2. The van der Waals surface area contributed by atoms with Crippen molar-refractivity contribution in [1.29, 1.82) is 0 Å². The number of ether oxygens (including phenoxy) is 2. The molecule has 1 saturated carbocycles. The maximum absolute atomic E-state index is 11.8. The van der Waals surface area contributed by atoms with E-state index in [1.165, 1.54) is 0 Å². The zero-order chi connectivity index (χ0) is 21.7. The number of hydrogen-bond donors (Lipinski definition) is 2. The van der Waals surface area contributed by atoms with Crippen LogP contribution in [0.2, 0.25) is 0 Å². The highest BCUT2D eigenvalue weighted by Crippen LogP contribution is 2.53. The molecule has 1 amide bonds. The Hall–Kier alpha value is -2.05. The molecule has 1 aliphatic heterocycles. The lowest BCUT2D eigenvalue weighted by Gasteiger charge is -2.18. The van der Waals surface area contributed by atoms with Crippen LogP contribution in [-0.4, -0.2) is 60.0 Å². The molecule has 2 N–H and O–H groups in total. The molecule has 1 aromatic rings. The normalized spacial score (nSPS) is 25.6. The van der Waals surface area contributed by atoms with Crippen molar-refractivity contribution in [3.05, 3.63) is 35.9 Å². The van der Waals surface area contributed by atoms with Crippen LogP contribution < -0.4 is 9.47 Å². The van der Waals surface area contributed by atoms with Gasteiger partial charge in [-0.1, -0.05) is 50.5 Å². The molecule has 0 unspecified atom stereocenters. The molecule has 1 fully saturated rings. The molecule has 0 saturated heterocycles. The zero-order valence-electron chi connectivity index (χ0n) is 18.3. The van der Waals surface area contributed by atoms with Crippen LogP contribution in [0.25, 0.3) is 0 Å². The topological polar surface area (TPSA) is 79.2 Å². The van der Waals surface area contributed by atoms with E-state index in [-0.39, 0.29) is 23.8 Å². The molecule has 0 aromatic heterocycles. The number of para-hydroxylation sites is 1. The van der Waals surface area contributed by atoms with Crippen molar-refractivity contribution in [2.24, 2.45) is 5.92 Å². The standard InChI is InChI=1S/C24H35NO5/c1-4-5-6-8-16(26)11-12-17-19(27)15-21-23(17)18-9-7-10-20(24(18)30-21)29-14-13-22(28)25(2)3/h7,9-12,16-17,19,21,23,26-27H,4-6,8,13-15H2,1-3H3/t16-,17-,19+,21-,23-/m0/s1. The van der Waals surface area contributed by atoms with Crippen molar-refractivity contribution in [3.63, 3.8) is 0 Å². The molecule has 5 atom stereocenters. The van der Waals surface area contributed by atoms with Crippen molar-refractivity contribution in [2.45, 2.75) is 69.7 Å².